The number of ether oxygens (including phenoxy) is 12. The molecule has 32 heteroatoms. The van der Waals surface area contributed by atoms with Gasteiger partial charge in [0.15, 0.2) is 23.0 Å². The van der Waals surface area contributed by atoms with Crippen molar-refractivity contribution in [1.82, 2.24) is 20.4 Å². The van der Waals surface area contributed by atoms with Gasteiger partial charge in [0.05, 0.1) is 48.3 Å². The maximum atomic E-state index is 16.3. The van der Waals surface area contributed by atoms with Crippen molar-refractivity contribution in [2.75, 3.05) is 23.8 Å². The molecule has 10 aromatic rings. The molecule has 0 saturated heterocycles. The summed E-state index contributed by atoms with van der Waals surface area (Å²) in [5.41, 5.74) is 1.69. The van der Waals surface area contributed by atoms with Crippen LogP contribution >= 0.6 is 0 Å². The van der Waals surface area contributed by atoms with E-state index in [0.29, 0.717) is 55.6 Å². The van der Waals surface area contributed by atoms with E-state index in [9.17, 15) is 38.4 Å². The van der Waals surface area contributed by atoms with Gasteiger partial charge < -0.3 is 77.3 Å². The van der Waals surface area contributed by atoms with Crippen molar-refractivity contribution in [3.63, 3.8) is 0 Å². The second kappa shape index (κ2) is 46.3. The number of rotatable bonds is 25. The van der Waals surface area contributed by atoms with E-state index in [1.54, 1.807) is 265 Å². The van der Waals surface area contributed by atoms with Crippen LogP contribution in [0, 0.1) is 0 Å². The van der Waals surface area contributed by atoms with Crippen molar-refractivity contribution >= 4 is 95.3 Å². The first kappa shape index (κ1) is 101. The Morgan fingerprint density at radius 1 is 0.370 bits per heavy atom. The van der Waals surface area contributed by atoms with Gasteiger partial charge in [-0.05, 0) is 237 Å². The number of para-hydroxylation sites is 2. The lowest BCUT2D eigenvalue weighted by Gasteiger charge is -2.31. The standard InChI is InChI=1S/C106H110N8O24/c1-103(2,3)135-99(123)109-97(110-100(124)136-104(4,5)6)107-77-49-51-79-75(57-77)43-29-53-127-89-81(45-27-47-85(89)133-93(79)119)91(117)113(83(95(121)131-65-69-35-21-15-22-36-69)59-87(115)129-63-67-31-17-13-18-32-67)61-71-39-25-41-73(55-71)74-42-26-40-72(56-74)62-114(84(96(122)132-66-70-37-23-16-24-38-70)60-88(116)130-64-68-33-19-14-20-34-68)92(118)82-46-28-48-86-90(82)128-54-30-44-76-58-78(50-52-80(76)94(120)134-86)108-98(111-101(125)137-105(7,8)9)112-102(126)138-106(10,11)12/h13-28,31-42,45-52,55-58,83-84H,29-30,43-44,53-54,59-66H2,1-12H3,(H2,107,109,110,123,124)(H2,108,111,112,125,126)/t83-,84-/m0/s1. The molecule has 2 heterocycles. The fraction of sp³-hybridized carbons (Fsp3) is 0.302. The molecule has 32 nitrogen and oxygen atoms in total. The highest BCUT2D eigenvalue weighted by molar-refractivity contribution is 6.09. The molecule has 138 heavy (non-hydrogen) atoms. The summed E-state index contributed by atoms with van der Waals surface area (Å²) in [6, 6.07) is 63.3. The first-order valence-electron chi connectivity index (χ1n) is 44.8. The monoisotopic (exact) mass is 1880 g/mol. The molecule has 2 aliphatic rings. The molecule has 0 radical (unpaired) electrons. The summed E-state index contributed by atoms with van der Waals surface area (Å²) >= 11 is 0. The van der Waals surface area contributed by atoms with Crippen molar-refractivity contribution in [3.8, 4) is 34.1 Å². The summed E-state index contributed by atoms with van der Waals surface area (Å²) in [6.07, 6.45) is -4.65. The van der Waals surface area contributed by atoms with Crippen LogP contribution in [0.15, 0.2) is 253 Å². The van der Waals surface area contributed by atoms with Crippen LogP contribution in [-0.4, -0.2) is 141 Å². The van der Waals surface area contributed by atoms with Gasteiger partial charge >= 0.3 is 60.2 Å². The molecule has 718 valence electrons. The number of nitrogens with zero attached hydrogens (tertiary/aromatic N) is 4. The SMILES string of the molecule is CC(C)(C)OC(=O)N=C(NC(=O)OC(C)(C)C)Nc1ccc2c(c1)CCCOc1c(cccc1C(=O)N(Cc1cccc(-c3cccc(CN(C(=O)c4cccc5c4OCCCc4cc(NC(=NC(=O)OC(C)(C)C)NC(=O)OC(C)(C)C)ccc4C(=O)O5)[C@@H](CC(=O)OCc4ccccc4)C(=O)OCc4ccccc4)c3)c1)[C@@H](CC(=O)OCc1ccccc1)C(=O)OCc1ccccc1)OC2=O. The molecule has 4 N–H and O–H groups in total. The zero-order valence-electron chi connectivity index (χ0n) is 78.7. The average molecular weight is 1880 g/mol. The zero-order valence-corrected chi connectivity index (χ0v) is 78.7. The van der Waals surface area contributed by atoms with Crippen LogP contribution in [0.25, 0.3) is 11.1 Å². The predicted octanol–water partition coefficient (Wildman–Crippen LogP) is 18.7. The molecule has 0 bridgehead atoms. The predicted molar refractivity (Wildman–Crippen MR) is 510 cm³/mol. The van der Waals surface area contributed by atoms with E-state index in [0.717, 1.165) is 9.80 Å². The number of aliphatic imine (C=N–C) groups is 2. The maximum Gasteiger partial charge on any atom is 0.437 e. The average Bonchev–Trinajstić information content (AvgIpc) is 0.777. The Kier molecular flexibility index (Phi) is 33.9. The molecule has 0 aromatic heterocycles. The molecule has 0 saturated carbocycles. The highest BCUT2D eigenvalue weighted by Gasteiger charge is 2.40. The minimum atomic E-state index is -1.75. The molecule has 0 spiro atoms. The Labute approximate surface area is 799 Å². The highest BCUT2D eigenvalue weighted by Crippen LogP contribution is 2.39. The normalized spacial score (nSPS) is 13.3. The number of hydrogen-bond donors (Lipinski definition) is 4. The van der Waals surface area contributed by atoms with Gasteiger partial charge in [-0.3, -0.25) is 29.8 Å². The lowest BCUT2D eigenvalue weighted by molar-refractivity contribution is -0.157. The first-order chi connectivity index (χ1) is 65.8. The number of fused-ring (bicyclic) bond motifs is 4. The Morgan fingerprint density at radius 3 is 1.04 bits per heavy atom. The number of hydrogen-bond acceptors (Lipinski definition) is 24. The number of guanidine groups is 2. The lowest BCUT2D eigenvalue weighted by atomic mass is 9.99. The zero-order chi connectivity index (χ0) is 98.9. The van der Waals surface area contributed by atoms with Gasteiger partial charge in [-0.25, -0.2) is 38.4 Å². The molecule has 0 fully saturated rings. The highest BCUT2D eigenvalue weighted by atomic mass is 16.6. The third kappa shape index (κ3) is 30.5. The number of aryl methyl sites for hydroxylation is 2. The molecule has 0 aliphatic carbocycles. The molecule has 2 aliphatic heterocycles. The van der Waals surface area contributed by atoms with Crippen LogP contribution in [0.4, 0.5) is 30.6 Å². The van der Waals surface area contributed by atoms with Crippen molar-refractivity contribution in [3.05, 3.63) is 309 Å². The second-order valence-corrected chi connectivity index (χ2v) is 36.3. The first-order valence-corrected chi connectivity index (χ1v) is 44.8. The summed E-state index contributed by atoms with van der Waals surface area (Å²) in [4.78, 5) is 184. The molecular weight excluding hydrogens is 1770 g/mol. The third-order valence-corrected chi connectivity index (χ3v) is 20.5. The molecule has 2 atom stereocenters. The number of carbonyl (C=O) groups excluding carboxylic acids is 12. The van der Waals surface area contributed by atoms with Gasteiger partial charge in [0, 0.05) is 24.5 Å². The maximum absolute atomic E-state index is 16.3. The van der Waals surface area contributed by atoms with E-state index in [-0.39, 0.29) is 134 Å². The smallest absolute Gasteiger partial charge is 0.437 e. The largest absolute Gasteiger partial charge is 0.489 e. The molecule has 0 unspecified atom stereocenters. The summed E-state index contributed by atoms with van der Waals surface area (Å²) < 4.78 is 70.9. The number of amides is 6. The lowest BCUT2D eigenvalue weighted by Crippen LogP contribution is -2.47. The molecular formula is C106H110N8O24. The van der Waals surface area contributed by atoms with E-state index >= 15 is 19.2 Å². The summed E-state index contributed by atoms with van der Waals surface area (Å²) in [7, 11) is 0. The van der Waals surface area contributed by atoms with Gasteiger partial charge in [-0.1, -0.05) is 170 Å². The van der Waals surface area contributed by atoms with Crippen LogP contribution < -0.4 is 40.2 Å². The summed E-state index contributed by atoms with van der Waals surface area (Å²) in [5.74, 6) is -8.76. The number of benzene rings is 10. The Hall–Kier alpha value is -16.0. The number of anilines is 2. The fourth-order valence-electron chi connectivity index (χ4n) is 14.4. The van der Waals surface area contributed by atoms with Crippen LogP contribution in [0.3, 0.4) is 0 Å². The number of alkyl carbamates (subject to hydrolysis) is 2. The molecule has 12 rings (SSSR count). The minimum absolute atomic E-state index is 0.0962. The minimum Gasteiger partial charge on any atom is -0.489 e. The van der Waals surface area contributed by atoms with Gasteiger partial charge in [-0.2, -0.15) is 0 Å². The van der Waals surface area contributed by atoms with Crippen LogP contribution in [0.1, 0.15) is 195 Å². The van der Waals surface area contributed by atoms with Crippen LogP contribution in [-0.2, 0) is 109 Å². The van der Waals surface area contributed by atoms with Crippen LogP contribution in [0.2, 0.25) is 0 Å². The quantitative estimate of drug-likeness (QED) is 0.0136. The number of carbonyl (C=O) groups is 12. The van der Waals surface area contributed by atoms with E-state index < -0.39 is 132 Å². The summed E-state index contributed by atoms with van der Waals surface area (Å²) in [5, 5.41) is 10.8. The Bertz CT molecular complexity index is 5790. The van der Waals surface area contributed by atoms with Gasteiger partial charge in [0.1, 0.15) is 60.9 Å². The van der Waals surface area contributed by atoms with Gasteiger partial charge in [0.25, 0.3) is 11.8 Å². The van der Waals surface area contributed by atoms with Gasteiger partial charge in [0.2, 0.25) is 11.9 Å². The van der Waals surface area contributed by atoms with Crippen molar-refractivity contribution in [1.29, 1.82) is 0 Å². The fourth-order valence-corrected chi connectivity index (χ4v) is 14.4. The molecule has 6 amide bonds. The van der Waals surface area contributed by atoms with Crippen molar-refractivity contribution < 1.29 is 114 Å². The third-order valence-electron chi connectivity index (χ3n) is 20.5. The second-order valence-electron chi connectivity index (χ2n) is 36.3. The number of nitrogens with one attached hydrogen (secondary N) is 4. The Morgan fingerprint density at radius 2 is 0.696 bits per heavy atom. The van der Waals surface area contributed by atoms with Gasteiger partial charge in [-0.15, -0.1) is 9.98 Å². The van der Waals surface area contributed by atoms with Crippen LogP contribution in [0.5, 0.6) is 23.0 Å². The van der Waals surface area contributed by atoms with E-state index in [4.69, 9.17) is 56.8 Å². The number of esters is 6. The van der Waals surface area contributed by atoms with Crippen molar-refractivity contribution in [2.24, 2.45) is 9.98 Å². The van der Waals surface area contributed by atoms with Crippen molar-refractivity contribution in [2.45, 2.75) is 196 Å². The summed E-state index contributed by atoms with van der Waals surface area (Å²) in [6.45, 7) is 17.8. The molecule has 10 aromatic carbocycles. The Balaban J connectivity index is 0.896. The van der Waals surface area contributed by atoms with E-state index in [1.165, 1.54) is 60.7 Å². The topological polar surface area (TPSA) is 395 Å². The van der Waals surface area contributed by atoms with E-state index in [2.05, 4.69) is 31.3 Å². The van der Waals surface area contributed by atoms with E-state index in [1.807, 2.05) is 0 Å².